The quantitative estimate of drug-likeness (QED) is 0.634. The van der Waals surface area contributed by atoms with Gasteiger partial charge in [-0.2, -0.15) is 4.98 Å². The fourth-order valence-electron chi connectivity index (χ4n) is 1.14. The summed E-state index contributed by atoms with van der Waals surface area (Å²) in [4.78, 5) is 4.13. The van der Waals surface area contributed by atoms with E-state index < -0.39 is 0 Å². The van der Waals surface area contributed by atoms with Crippen molar-refractivity contribution in [2.75, 3.05) is 0 Å². The Labute approximate surface area is 73.2 Å². The van der Waals surface area contributed by atoms with E-state index in [0.29, 0.717) is 0 Å². The Balaban J connectivity index is 2.15. The molecule has 1 aromatic heterocycles. The van der Waals surface area contributed by atoms with E-state index in [1.807, 2.05) is 6.92 Å². The van der Waals surface area contributed by atoms with E-state index in [4.69, 9.17) is 4.52 Å². The number of hydrogen-bond acceptors (Lipinski definition) is 3. The Morgan fingerprint density at radius 1 is 1.25 bits per heavy atom. The summed E-state index contributed by atoms with van der Waals surface area (Å²) in [6, 6.07) is 0. The number of nitrogens with zero attached hydrogens (tertiary/aromatic N) is 2. The molecule has 0 bridgehead atoms. The second kappa shape index (κ2) is 4.91. The van der Waals surface area contributed by atoms with Crippen LogP contribution in [0.4, 0.5) is 0 Å². The molecule has 0 amide bonds. The lowest BCUT2D eigenvalue weighted by Gasteiger charge is -1.93. The number of aryl methyl sites for hydroxylation is 2. The number of unbranched alkanes of at least 4 members (excludes halogenated alkanes) is 3. The maximum absolute atomic E-state index is 4.98. The van der Waals surface area contributed by atoms with Crippen LogP contribution in [0.15, 0.2) is 4.52 Å². The first-order valence-electron chi connectivity index (χ1n) is 4.62. The summed E-state index contributed by atoms with van der Waals surface area (Å²) in [6.45, 7) is 4.05. The SMILES string of the molecule is CCCCCCc1nc(C)no1. The zero-order valence-corrected chi connectivity index (χ0v) is 7.84. The Morgan fingerprint density at radius 2 is 2.08 bits per heavy atom. The highest BCUT2D eigenvalue weighted by Gasteiger charge is 2.00. The van der Waals surface area contributed by atoms with E-state index in [1.165, 1.54) is 19.3 Å². The van der Waals surface area contributed by atoms with Gasteiger partial charge in [0.25, 0.3) is 0 Å². The Hall–Kier alpha value is -0.860. The largest absolute Gasteiger partial charge is 0.339 e. The first-order chi connectivity index (χ1) is 5.83. The van der Waals surface area contributed by atoms with Crippen LogP contribution in [0.25, 0.3) is 0 Å². The van der Waals surface area contributed by atoms with Crippen LogP contribution in [0.3, 0.4) is 0 Å². The van der Waals surface area contributed by atoms with E-state index >= 15 is 0 Å². The van der Waals surface area contributed by atoms with Crippen LogP contribution in [0.5, 0.6) is 0 Å². The zero-order chi connectivity index (χ0) is 8.81. The molecule has 3 nitrogen and oxygen atoms in total. The molecule has 1 rings (SSSR count). The van der Waals surface area contributed by atoms with Gasteiger partial charge in [-0.1, -0.05) is 31.3 Å². The van der Waals surface area contributed by atoms with Crippen LogP contribution < -0.4 is 0 Å². The van der Waals surface area contributed by atoms with Crippen LogP contribution in [-0.2, 0) is 6.42 Å². The molecule has 0 unspecified atom stereocenters. The summed E-state index contributed by atoms with van der Waals surface area (Å²) in [5.41, 5.74) is 0. The standard InChI is InChI=1S/C9H16N2O/c1-3-4-5-6-7-9-10-8(2)11-12-9/h3-7H2,1-2H3. The van der Waals surface area contributed by atoms with Crippen molar-refractivity contribution in [3.63, 3.8) is 0 Å². The third-order valence-corrected chi connectivity index (χ3v) is 1.81. The highest BCUT2D eigenvalue weighted by molar-refractivity contribution is 4.82. The third kappa shape index (κ3) is 3.03. The van der Waals surface area contributed by atoms with E-state index in [1.54, 1.807) is 0 Å². The summed E-state index contributed by atoms with van der Waals surface area (Å²) < 4.78 is 4.98. The van der Waals surface area contributed by atoms with Crippen molar-refractivity contribution in [3.05, 3.63) is 11.7 Å². The summed E-state index contributed by atoms with van der Waals surface area (Å²) in [5.74, 6) is 1.52. The van der Waals surface area contributed by atoms with Gasteiger partial charge in [-0.15, -0.1) is 0 Å². The molecule has 0 radical (unpaired) electrons. The average Bonchev–Trinajstić information content (AvgIpc) is 2.45. The van der Waals surface area contributed by atoms with E-state index in [0.717, 1.165) is 24.6 Å². The molecule has 0 fully saturated rings. The van der Waals surface area contributed by atoms with Gasteiger partial charge in [0.1, 0.15) is 0 Å². The van der Waals surface area contributed by atoms with Gasteiger partial charge >= 0.3 is 0 Å². The third-order valence-electron chi connectivity index (χ3n) is 1.81. The van der Waals surface area contributed by atoms with Crippen LogP contribution in [0.2, 0.25) is 0 Å². The molecule has 0 aliphatic carbocycles. The van der Waals surface area contributed by atoms with Gasteiger partial charge in [0.2, 0.25) is 5.89 Å². The zero-order valence-electron chi connectivity index (χ0n) is 7.84. The molecule has 1 heterocycles. The van der Waals surface area contributed by atoms with E-state index in [9.17, 15) is 0 Å². The van der Waals surface area contributed by atoms with Crippen LogP contribution >= 0.6 is 0 Å². The number of rotatable bonds is 5. The normalized spacial score (nSPS) is 10.5. The molecule has 0 saturated heterocycles. The van der Waals surface area contributed by atoms with Crippen LogP contribution in [-0.4, -0.2) is 10.1 Å². The minimum Gasteiger partial charge on any atom is -0.339 e. The predicted octanol–water partition coefficient (Wildman–Crippen LogP) is 2.50. The van der Waals surface area contributed by atoms with Crippen molar-refractivity contribution in [1.29, 1.82) is 0 Å². The van der Waals surface area contributed by atoms with Crippen molar-refractivity contribution < 1.29 is 4.52 Å². The highest BCUT2D eigenvalue weighted by atomic mass is 16.5. The molecule has 0 spiro atoms. The molecule has 0 aliphatic rings. The maximum atomic E-state index is 4.98. The van der Waals surface area contributed by atoms with Crippen LogP contribution in [0.1, 0.15) is 44.3 Å². The number of aromatic nitrogens is 2. The minimum absolute atomic E-state index is 0.737. The van der Waals surface area contributed by atoms with Gasteiger partial charge in [-0.3, -0.25) is 0 Å². The Kier molecular flexibility index (Phi) is 3.77. The first-order valence-corrected chi connectivity index (χ1v) is 4.62. The molecule has 0 aromatic carbocycles. The molecule has 0 saturated carbocycles. The molecule has 3 heteroatoms. The lowest BCUT2D eigenvalue weighted by atomic mass is 10.1. The van der Waals surface area contributed by atoms with Gasteiger partial charge in [-0.05, 0) is 13.3 Å². The fourth-order valence-corrected chi connectivity index (χ4v) is 1.14. The molecule has 1 aromatic rings. The van der Waals surface area contributed by atoms with Crippen LogP contribution in [0, 0.1) is 6.92 Å². The maximum Gasteiger partial charge on any atom is 0.226 e. The second-order valence-corrected chi connectivity index (χ2v) is 3.05. The van der Waals surface area contributed by atoms with E-state index in [-0.39, 0.29) is 0 Å². The van der Waals surface area contributed by atoms with E-state index in [2.05, 4.69) is 17.1 Å². The highest BCUT2D eigenvalue weighted by Crippen LogP contribution is 2.05. The van der Waals surface area contributed by atoms with Crippen molar-refractivity contribution in [3.8, 4) is 0 Å². The first kappa shape index (κ1) is 9.23. The molecule has 68 valence electrons. The lowest BCUT2D eigenvalue weighted by molar-refractivity contribution is 0.370. The Bertz CT molecular complexity index is 220. The van der Waals surface area contributed by atoms with Crippen molar-refractivity contribution in [2.24, 2.45) is 0 Å². The van der Waals surface area contributed by atoms with Gasteiger partial charge in [0.05, 0.1) is 0 Å². The molecular formula is C9H16N2O. The van der Waals surface area contributed by atoms with Crippen molar-refractivity contribution in [1.82, 2.24) is 10.1 Å². The van der Waals surface area contributed by atoms with Gasteiger partial charge in [-0.25, -0.2) is 0 Å². The van der Waals surface area contributed by atoms with Crippen molar-refractivity contribution in [2.45, 2.75) is 46.0 Å². The van der Waals surface area contributed by atoms with Gasteiger partial charge in [0.15, 0.2) is 5.82 Å². The molecule has 12 heavy (non-hydrogen) atoms. The topological polar surface area (TPSA) is 38.9 Å². The summed E-state index contributed by atoms with van der Waals surface area (Å²) in [7, 11) is 0. The summed E-state index contributed by atoms with van der Waals surface area (Å²) in [6.07, 6.45) is 5.92. The molecule has 0 atom stereocenters. The van der Waals surface area contributed by atoms with Gasteiger partial charge in [0, 0.05) is 6.42 Å². The molecule has 0 N–H and O–H groups in total. The fraction of sp³-hybridized carbons (Fsp3) is 0.778. The predicted molar refractivity (Wildman–Crippen MR) is 46.9 cm³/mol. The molecular weight excluding hydrogens is 152 g/mol. The van der Waals surface area contributed by atoms with Gasteiger partial charge < -0.3 is 4.52 Å². The summed E-state index contributed by atoms with van der Waals surface area (Å²) in [5, 5.41) is 3.73. The smallest absolute Gasteiger partial charge is 0.226 e. The molecule has 0 aliphatic heterocycles. The lowest BCUT2D eigenvalue weighted by Crippen LogP contribution is -1.85. The average molecular weight is 168 g/mol. The second-order valence-electron chi connectivity index (χ2n) is 3.05. The monoisotopic (exact) mass is 168 g/mol. The number of hydrogen-bond donors (Lipinski definition) is 0. The Morgan fingerprint density at radius 3 is 2.67 bits per heavy atom. The van der Waals surface area contributed by atoms with Crippen molar-refractivity contribution >= 4 is 0 Å². The minimum atomic E-state index is 0.737. The summed E-state index contributed by atoms with van der Waals surface area (Å²) >= 11 is 0.